The quantitative estimate of drug-likeness (QED) is 0.788. The molecule has 1 amide bonds. The Morgan fingerprint density at radius 3 is 2.61 bits per heavy atom. The van der Waals surface area contributed by atoms with E-state index in [-0.39, 0.29) is 24.6 Å². The second-order valence-corrected chi connectivity index (χ2v) is 4.81. The highest BCUT2D eigenvalue weighted by Gasteiger charge is 2.25. The van der Waals surface area contributed by atoms with E-state index in [1.807, 2.05) is 0 Å². The summed E-state index contributed by atoms with van der Waals surface area (Å²) < 4.78 is 12.8. The predicted molar refractivity (Wildman–Crippen MR) is 63.5 cm³/mol. The fraction of sp³-hybridized carbons (Fsp3) is 0.417. The van der Waals surface area contributed by atoms with E-state index in [4.69, 9.17) is 5.11 Å². The monoisotopic (exact) mass is 254 g/mol. The van der Waals surface area contributed by atoms with Gasteiger partial charge in [-0.25, -0.2) is 4.98 Å². The number of hydrogen-bond donors (Lipinski definition) is 2. The molecule has 0 fully saturated rings. The predicted octanol–water partition coefficient (Wildman–Crippen LogP) is 2.05. The number of carboxylic acids is 1. The van der Waals surface area contributed by atoms with Crippen LogP contribution in [0.25, 0.3) is 0 Å². The van der Waals surface area contributed by atoms with E-state index >= 15 is 0 Å². The minimum absolute atomic E-state index is 0.0253. The molecule has 0 bridgehead atoms. The van der Waals surface area contributed by atoms with Crippen LogP contribution in [0, 0.1) is 11.4 Å². The number of aliphatic carboxylic acids is 1. The molecule has 0 aliphatic rings. The smallest absolute Gasteiger partial charge is 0.303 e. The number of rotatable bonds is 5. The van der Waals surface area contributed by atoms with E-state index in [1.54, 1.807) is 13.8 Å². The third-order valence-corrected chi connectivity index (χ3v) is 2.25. The van der Waals surface area contributed by atoms with Crippen LogP contribution in [-0.4, -0.2) is 22.0 Å². The van der Waals surface area contributed by atoms with Crippen molar-refractivity contribution in [2.45, 2.75) is 26.7 Å². The lowest BCUT2D eigenvalue weighted by Crippen LogP contribution is -2.25. The lowest BCUT2D eigenvalue weighted by Gasteiger charge is -2.21. The summed E-state index contributed by atoms with van der Waals surface area (Å²) in [5.74, 6) is -1.92. The molecule has 0 aromatic carbocycles. The fourth-order valence-electron chi connectivity index (χ4n) is 1.57. The number of amides is 1. The number of pyridine rings is 1. The molecule has 6 heteroatoms. The standard InChI is InChI=1S/C12H15FN2O3/c1-12(2,7-11(17)18)6-10(16)15-9-5-3-4-8(13)14-9/h3-5H,6-7H2,1-2H3,(H,17,18)(H,14,15,16). The summed E-state index contributed by atoms with van der Waals surface area (Å²) in [4.78, 5) is 25.7. The molecule has 0 aliphatic carbocycles. The summed E-state index contributed by atoms with van der Waals surface area (Å²) in [6.07, 6.45) is -0.0888. The molecular weight excluding hydrogens is 239 g/mol. The number of nitrogens with zero attached hydrogens (tertiary/aromatic N) is 1. The number of carboxylic acid groups (broad SMARTS) is 1. The molecular formula is C12H15FN2O3. The molecule has 5 nitrogen and oxygen atoms in total. The van der Waals surface area contributed by atoms with Gasteiger partial charge in [-0.2, -0.15) is 4.39 Å². The van der Waals surface area contributed by atoms with E-state index in [1.165, 1.54) is 18.2 Å². The number of hydrogen-bond acceptors (Lipinski definition) is 3. The zero-order valence-corrected chi connectivity index (χ0v) is 10.2. The molecule has 0 unspecified atom stereocenters. The number of halogens is 1. The van der Waals surface area contributed by atoms with Crippen molar-refractivity contribution in [3.05, 3.63) is 24.1 Å². The van der Waals surface area contributed by atoms with Gasteiger partial charge in [0.1, 0.15) is 5.82 Å². The van der Waals surface area contributed by atoms with Crippen LogP contribution in [0.5, 0.6) is 0 Å². The first-order valence-electron chi connectivity index (χ1n) is 5.43. The van der Waals surface area contributed by atoms with Gasteiger partial charge in [0.25, 0.3) is 0 Å². The van der Waals surface area contributed by atoms with Crippen LogP contribution in [0.15, 0.2) is 18.2 Å². The molecule has 98 valence electrons. The average molecular weight is 254 g/mol. The Balaban J connectivity index is 2.59. The van der Waals surface area contributed by atoms with Crippen molar-refractivity contribution in [2.75, 3.05) is 5.32 Å². The van der Waals surface area contributed by atoms with Gasteiger partial charge in [-0.05, 0) is 17.5 Å². The van der Waals surface area contributed by atoms with Crippen molar-refractivity contribution < 1.29 is 19.1 Å². The summed E-state index contributed by atoms with van der Waals surface area (Å²) >= 11 is 0. The van der Waals surface area contributed by atoms with Gasteiger partial charge in [-0.3, -0.25) is 9.59 Å². The Kier molecular flexibility index (Phi) is 4.36. The Hall–Kier alpha value is -1.98. The van der Waals surface area contributed by atoms with Gasteiger partial charge in [-0.1, -0.05) is 19.9 Å². The first kappa shape index (κ1) is 14.1. The second kappa shape index (κ2) is 5.57. The van der Waals surface area contributed by atoms with E-state index in [0.717, 1.165) is 0 Å². The van der Waals surface area contributed by atoms with Crippen LogP contribution in [0.3, 0.4) is 0 Å². The maximum Gasteiger partial charge on any atom is 0.303 e. The van der Waals surface area contributed by atoms with Gasteiger partial charge in [0.15, 0.2) is 0 Å². The van der Waals surface area contributed by atoms with Gasteiger partial charge in [0.05, 0.1) is 6.42 Å². The zero-order chi connectivity index (χ0) is 13.8. The minimum Gasteiger partial charge on any atom is -0.481 e. The lowest BCUT2D eigenvalue weighted by molar-refractivity contribution is -0.139. The van der Waals surface area contributed by atoms with Gasteiger partial charge in [0.2, 0.25) is 11.9 Å². The second-order valence-electron chi connectivity index (χ2n) is 4.81. The topological polar surface area (TPSA) is 79.3 Å². The fourth-order valence-corrected chi connectivity index (χ4v) is 1.57. The Morgan fingerprint density at radius 2 is 2.06 bits per heavy atom. The van der Waals surface area contributed by atoms with Crippen LogP contribution in [0.4, 0.5) is 10.2 Å². The maximum absolute atomic E-state index is 12.8. The molecule has 0 aliphatic heterocycles. The summed E-state index contributed by atoms with van der Waals surface area (Å²) in [7, 11) is 0. The van der Waals surface area contributed by atoms with Crippen molar-refractivity contribution >= 4 is 17.7 Å². The third kappa shape index (κ3) is 4.90. The molecule has 1 aromatic heterocycles. The van der Waals surface area contributed by atoms with Crippen molar-refractivity contribution in [1.82, 2.24) is 4.98 Å². The van der Waals surface area contributed by atoms with Crippen LogP contribution < -0.4 is 5.32 Å². The normalized spacial score (nSPS) is 11.1. The van der Waals surface area contributed by atoms with Gasteiger partial charge in [0, 0.05) is 6.42 Å². The van der Waals surface area contributed by atoms with Crippen LogP contribution in [0.2, 0.25) is 0 Å². The highest BCUT2D eigenvalue weighted by molar-refractivity contribution is 5.90. The average Bonchev–Trinajstić information content (AvgIpc) is 2.13. The highest BCUT2D eigenvalue weighted by Crippen LogP contribution is 2.25. The first-order chi connectivity index (χ1) is 8.28. The van der Waals surface area contributed by atoms with Gasteiger partial charge >= 0.3 is 5.97 Å². The number of nitrogens with one attached hydrogen (secondary N) is 1. The highest BCUT2D eigenvalue weighted by atomic mass is 19.1. The molecule has 18 heavy (non-hydrogen) atoms. The minimum atomic E-state index is -0.961. The molecule has 1 rings (SSSR count). The molecule has 0 spiro atoms. The molecule has 0 saturated carbocycles. The molecule has 1 aromatic rings. The summed E-state index contributed by atoms with van der Waals surface area (Å²) in [5, 5.41) is 11.1. The van der Waals surface area contributed by atoms with Gasteiger partial charge in [-0.15, -0.1) is 0 Å². The molecule has 0 atom stereocenters. The van der Waals surface area contributed by atoms with E-state index in [2.05, 4.69) is 10.3 Å². The lowest BCUT2D eigenvalue weighted by atomic mass is 9.85. The maximum atomic E-state index is 12.8. The number of carbonyl (C=O) groups is 2. The Bertz CT molecular complexity index is 460. The number of carbonyl (C=O) groups excluding carboxylic acids is 1. The van der Waals surface area contributed by atoms with Crippen LogP contribution >= 0.6 is 0 Å². The number of anilines is 1. The largest absolute Gasteiger partial charge is 0.481 e. The number of aromatic nitrogens is 1. The van der Waals surface area contributed by atoms with Crippen LogP contribution in [-0.2, 0) is 9.59 Å². The molecule has 1 heterocycles. The van der Waals surface area contributed by atoms with E-state index in [0.29, 0.717) is 0 Å². The van der Waals surface area contributed by atoms with Crippen molar-refractivity contribution in [3.8, 4) is 0 Å². The van der Waals surface area contributed by atoms with Crippen molar-refractivity contribution in [3.63, 3.8) is 0 Å². The molecule has 0 radical (unpaired) electrons. The van der Waals surface area contributed by atoms with E-state index in [9.17, 15) is 14.0 Å². The van der Waals surface area contributed by atoms with Gasteiger partial charge < -0.3 is 10.4 Å². The SMILES string of the molecule is CC(C)(CC(=O)O)CC(=O)Nc1cccc(F)n1. The summed E-state index contributed by atoms with van der Waals surface area (Å²) in [6.45, 7) is 3.36. The summed E-state index contributed by atoms with van der Waals surface area (Å²) in [6, 6.07) is 4.07. The zero-order valence-electron chi connectivity index (χ0n) is 10.2. The van der Waals surface area contributed by atoms with Crippen molar-refractivity contribution in [1.29, 1.82) is 0 Å². The van der Waals surface area contributed by atoms with Crippen molar-refractivity contribution in [2.24, 2.45) is 5.41 Å². The Labute approximate surface area is 104 Å². The summed E-state index contributed by atoms with van der Waals surface area (Å²) in [5.41, 5.74) is -0.663. The molecule has 2 N–H and O–H groups in total. The van der Waals surface area contributed by atoms with E-state index < -0.39 is 17.3 Å². The molecule has 0 saturated heterocycles. The van der Waals surface area contributed by atoms with Crippen LogP contribution in [0.1, 0.15) is 26.7 Å². The Morgan fingerprint density at radius 1 is 1.39 bits per heavy atom. The first-order valence-corrected chi connectivity index (χ1v) is 5.43. The third-order valence-electron chi connectivity index (χ3n) is 2.25.